The molecule has 1 saturated heterocycles. The lowest BCUT2D eigenvalue weighted by molar-refractivity contribution is -0.121. The van der Waals surface area contributed by atoms with E-state index in [9.17, 15) is 9.59 Å². The monoisotopic (exact) mass is 395 g/mol. The van der Waals surface area contributed by atoms with Crippen LogP contribution in [0.15, 0.2) is 42.5 Å². The lowest BCUT2D eigenvalue weighted by Crippen LogP contribution is -2.43. The highest BCUT2D eigenvalue weighted by molar-refractivity contribution is 5.93. The van der Waals surface area contributed by atoms with Gasteiger partial charge < -0.3 is 25.0 Å². The number of aryl methyl sites for hydroxylation is 1. The second kappa shape index (κ2) is 8.43. The van der Waals surface area contributed by atoms with Crippen molar-refractivity contribution in [3.63, 3.8) is 0 Å². The number of nitrogens with one attached hydrogen (secondary N) is 2. The summed E-state index contributed by atoms with van der Waals surface area (Å²) in [7, 11) is 0. The van der Waals surface area contributed by atoms with E-state index in [4.69, 9.17) is 9.47 Å². The summed E-state index contributed by atoms with van der Waals surface area (Å²) in [6, 6.07) is 13.0. The fourth-order valence-electron chi connectivity index (χ4n) is 3.55. The van der Waals surface area contributed by atoms with Crippen molar-refractivity contribution in [3.05, 3.63) is 48.0 Å². The lowest BCUT2D eigenvalue weighted by Gasteiger charge is -2.31. The molecule has 7 heteroatoms. The summed E-state index contributed by atoms with van der Waals surface area (Å²) < 4.78 is 11.1. The van der Waals surface area contributed by atoms with Crippen LogP contribution >= 0.6 is 0 Å². The maximum absolute atomic E-state index is 12.6. The molecule has 1 fully saturated rings. The number of carbonyl (C=O) groups is 2. The molecule has 2 aliphatic heterocycles. The number of carbonyl (C=O) groups excluding carboxylic acids is 2. The molecule has 0 bridgehead atoms. The number of hydrogen-bond donors (Lipinski definition) is 2. The van der Waals surface area contributed by atoms with Gasteiger partial charge in [-0.25, -0.2) is 4.79 Å². The van der Waals surface area contributed by atoms with Crippen LogP contribution in [0.3, 0.4) is 0 Å². The molecule has 3 amide bonds. The molecule has 152 valence electrons. The number of rotatable bonds is 3. The van der Waals surface area contributed by atoms with E-state index in [1.807, 2.05) is 43.3 Å². The standard InChI is InChI=1S/C22H25N3O4/c1-15-2-4-17(5-3-15)24-22(27)25-10-8-16(9-11-25)21(26)23-18-6-7-19-20(14-18)29-13-12-28-19/h2-7,14,16H,8-13H2,1H3,(H,23,26)(H,24,27). The number of urea groups is 1. The van der Waals surface area contributed by atoms with Crippen molar-refractivity contribution in [2.45, 2.75) is 19.8 Å². The van der Waals surface area contributed by atoms with Crippen molar-refractivity contribution in [1.82, 2.24) is 4.90 Å². The van der Waals surface area contributed by atoms with Crippen LogP contribution in [0.2, 0.25) is 0 Å². The molecule has 0 radical (unpaired) electrons. The van der Waals surface area contributed by atoms with Crippen molar-refractivity contribution < 1.29 is 19.1 Å². The van der Waals surface area contributed by atoms with Crippen LogP contribution < -0.4 is 20.1 Å². The van der Waals surface area contributed by atoms with Gasteiger partial charge in [-0.1, -0.05) is 17.7 Å². The van der Waals surface area contributed by atoms with Gasteiger partial charge in [0, 0.05) is 36.4 Å². The lowest BCUT2D eigenvalue weighted by atomic mass is 9.96. The van der Waals surface area contributed by atoms with Crippen LogP contribution in [-0.4, -0.2) is 43.1 Å². The van der Waals surface area contributed by atoms with Crippen molar-refractivity contribution in [2.75, 3.05) is 36.9 Å². The molecule has 2 aromatic carbocycles. The summed E-state index contributed by atoms with van der Waals surface area (Å²) in [5.41, 5.74) is 2.62. The zero-order valence-corrected chi connectivity index (χ0v) is 16.4. The van der Waals surface area contributed by atoms with E-state index < -0.39 is 0 Å². The molecule has 2 heterocycles. The molecule has 0 spiro atoms. The summed E-state index contributed by atoms with van der Waals surface area (Å²) in [5.74, 6) is 1.20. The van der Waals surface area contributed by atoms with Gasteiger partial charge in [-0.2, -0.15) is 0 Å². The van der Waals surface area contributed by atoms with E-state index in [0.717, 1.165) is 11.3 Å². The Bertz CT molecular complexity index is 889. The molecular weight excluding hydrogens is 370 g/mol. The highest BCUT2D eigenvalue weighted by Gasteiger charge is 2.27. The van der Waals surface area contributed by atoms with E-state index >= 15 is 0 Å². The van der Waals surface area contributed by atoms with E-state index in [2.05, 4.69) is 10.6 Å². The molecule has 7 nitrogen and oxygen atoms in total. The first kappa shape index (κ1) is 19.1. The Hall–Kier alpha value is -3.22. The minimum Gasteiger partial charge on any atom is -0.486 e. The molecule has 2 aliphatic rings. The number of hydrogen-bond acceptors (Lipinski definition) is 4. The van der Waals surface area contributed by atoms with Gasteiger partial charge in [0.05, 0.1) is 0 Å². The Balaban J connectivity index is 1.28. The SMILES string of the molecule is Cc1ccc(NC(=O)N2CCC(C(=O)Nc3ccc4c(c3)OCCO4)CC2)cc1. The average Bonchev–Trinajstić information content (AvgIpc) is 2.75. The van der Waals surface area contributed by atoms with Gasteiger partial charge in [-0.05, 0) is 44.0 Å². The van der Waals surface area contributed by atoms with Crippen LogP contribution in [0.4, 0.5) is 16.2 Å². The van der Waals surface area contributed by atoms with Gasteiger partial charge in [-0.3, -0.25) is 4.79 Å². The number of benzene rings is 2. The Morgan fingerprint density at radius 2 is 1.55 bits per heavy atom. The number of nitrogens with zero attached hydrogens (tertiary/aromatic N) is 1. The van der Waals surface area contributed by atoms with Gasteiger partial charge in [-0.15, -0.1) is 0 Å². The highest BCUT2D eigenvalue weighted by atomic mass is 16.6. The smallest absolute Gasteiger partial charge is 0.321 e. The van der Waals surface area contributed by atoms with Crippen LogP contribution in [0.25, 0.3) is 0 Å². The van der Waals surface area contributed by atoms with E-state index in [1.165, 1.54) is 0 Å². The summed E-state index contributed by atoms with van der Waals surface area (Å²) >= 11 is 0. The molecule has 0 aromatic heterocycles. The molecule has 0 unspecified atom stereocenters. The van der Waals surface area contributed by atoms with Crippen LogP contribution in [0.1, 0.15) is 18.4 Å². The molecule has 29 heavy (non-hydrogen) atoms. The number of anilines is 2. The zero-order valence-electron chi connectivity index (χ0n) is 16.4. The second-order valence-corrected chi connectivity index (χ2v) is 7.41. The van der Waals surface area contributed by atoms with Crippen LogP contribution in [0, 0.1) is 12.8 Å². The molecule has 0 saturated carbocycles. The first-order valence-electron chi connectivity index (χ1n) is 9.91. The summed E-state index contributed by atoms with van der Waals surface area (Å²) in [6.45, 7) is 4.16. The Labute approximate surface area is 170 Å². The van der Waals surface area contributed by atoms with Crippen molar-refractivity contribution in [3.8, 4) is 11.5 Å². The minimum atomic E-state index is -0.125. The topological polar surface area (TPSA) is 79.9 Å². The predicted molar refractivity (Wildman–Crippen MR) is 111 cm³/mol. The van der Waals surface area contributed by atoms with E-state index in [0.29, 0.717) is 56.3 Å². The molecule has 4 rings (SSSR count). The first-order valence-corrected chi connectivity index (χ1v) is 9.91. The first-order chi connectivity index (χ1) is 14.1. The van der Waals surface area contributed by atoms with Crippen molar-refractivity contribution in [2.24, 2.45) is 5.92 Å². The minimum absolute atomic E-state index is 0.0275. The van der Waals surface area contributed by atoms with Crippen LogP contribution in [0.5, 0.6) is 11.5 Å². The zero-order chi connectivity index (χ0) is 20.2. The highest BCUT2D eigenvalue weighted by Crippen LogP contribution is 2.33. The quantitative estimate of drug-likeness (QED) is 0.831. The Kier molecular flexibility index (Phi) is 5.55. The Morgan fingerprint density at radius 1 is 0.897 bits per heavy atom. The van der Waals surface area contributed by atoms with Crippen LogP contribution in [-0.2, 0) is 4.79 Å². The van der Waals surface area contributed by atoms with Gasteiger partial charge >= 0.3 is 6.03 Å². The second-order valence-electron chi connectivity index (χ2n) is 7.41. The molecule has 0 atom stereocenters. The largest absolute Gasteiger partial charge is 0.486 e. The third kappa shape index (κ3) is 4.62. The third-order valence-corrected chi connectivity index (χ3v) is 5.27. The Morgan fingerprint density at radius 3 is 2.28 bits per heavy atom. The van der Waals surface area contributed by atoms with Gasteiger partial charge in [0.2, 0.25) is 5.91 Å². The summed E-state index contributed by atoms with van der Waals surface area (Å²) in [4.78, 5) is 26.8. The van der Waals surface area contributed by atoms with Gasteiger partial charge in [0.1, 0.15) is 13.2 Å². The molecule has 0 aliphatic carbocycles. The maximum Gasteiger partial charge on any atom is 0.321 e. The fraction of sp³-hybridized carbons (Fsp3) is 0.364. The number of piperidine rings is 1. The average molecular weight is 395 g/mol. The number of amides is 3. The number of likely N-dealkylation sites (tertiary alicyclic amines) is 1. The van der Waals surface area contributed by atoms with Crippen molar-refractivity contribution >= 4 is 23.3 Å². The molecule has 2 N–H and O–H groups in total. The summed E-state index contributed by atoms with van der Waals surface area (Å²) in [6.07, 6.45) is 1.27. The number of ether oxygens (including phenoxy) is 2. The number of fused-ring (bicyclic) bond motifs is 1. The van der Waals surface area contributed by atoms with E-state index in [-0.39, 0.29) is 17.9 Å². The molecular formula is C22H25N3O4. The van der Waals surface area contributed by atoms with Crippen molar-refractivity contribution in [1.29, 1.82) is 0 Å². The third-order valence-electron chi connectivity index (χ3n) is 5.27. The predicted octanol–water partition coefficient (Wildman–Crippen LogP) is 3.65. The maximum atomic E-state index is 12.6. The van der Waals surface area contributed by atoms with Gasteiger partial charge in [0.25, 0.3) is 0 Å². The summed E-state index contributed by atoms with van der Waals surface area (Å²) in [5, 5.41) is 5.87. The fourth-order valence-corrected chi connectivity index (χ4v) is 3.55. The van der Waals surface area contributed by atoms with Gasteiger partial charge in [0.15, 0.2) is 11.5 Å². The van der Waals surface area contributed by atoms with E-state index in [1.54, 1.807) is 11.0 Å². The normalized spacial score (nSPS) is 16.2. The molecule has 2 aromatic rings.